The fraction of sp³-hybridized carbons (Fsp3) is 0.846. The number of aliphatic carboxylic acids is 1. The molecule has 0 aromatic heterocycles. The molecule has 2 rings (SSSR count). The number of carboxylic acid groups (broad SMARTS) is 1. The first kappa shape index (κ1) is 14.1. The van der Waals surface area contributed by atoms with Gasteiger partial charge in [-0.05, 0) is 38.5 Å². The highest BCUT2D eigenvalue weighted by atomic mass is 16.4. The molecule has 0 spiro atoms. The van der Waals surface area contributed by atoms with Crippen LogP contribution >= 0.6 is 0 Å². The molecule has 2 aliphatic heterocycles. The van der Waals surface area contributed by atoms with E-state index < -0.39 is 12.0 Å². The lowest BCUT2D eigenvalue weighted by Crippen LogP contribution is -2.49. The van der Waals surface area contributed by atoms with Crippen molar-refractivity contribution in [1.29, 1.82) is 0 Å². The van der Waals surface area contributed by atoms with Gasteiger partial charge in [0.1, 0.15) is 6.04 Å². The quantitative estimate of drug-likeness (QED) is 0.795. The summed E-state index contributed by atoms with van der Waals surface area (Å²) in [4.78, 5) is 26.9. The zero-order chi connectivity index (χ0) is 13.8. The molecule has 0 saturated carbocycles. The Morgan fingerprint density at radius 3 is 2.47 bits per heavy atom. The van der Waals surface area contributed by atoms with Crippen molar-refractivity contribution >= 4 is 12.0 Å². The molecule has 0 aromatic carbocycles. The first-order valence-electron chi connectivity index (χ1n) is 7.06. The van der Waals surface area contributed by atoms with Gasteiger partial charge >= 0.3 is 12.0 Å². The summed E-state index contributed by atoms with van der Waals surface area (Å²) in [5, 5.41) is 18.0. The van der Waals surface area contributed by atoms with E-state index in [0.29, 0.717) is 25.9 Å². The third kappa shape index (κ3) is 3.00. The maximum Gasteiger partial charge on any atom is 0.326 e. The molecule has 2 heterocycles. The molecule has 19 heavy (non-hydrogen) atoms. The number of hydrogen-bond acceptors (Lipinski definition) is 3. The lowest BCUT2D eigenvalue weighted by molar-refractivity contribution is -0.141. The Bertz CT molecular complexity index is 348. The molecule has 1 unspecified atom stereocenters. The highest BCUT2D eigenvalue weighted by Crippen LogP contribution is 2.26. The van der Waals surface area contributed by atoms with E-state index in [1.54, 1.807) is 4.90 Å². The second-order valence-corrected chi connectivity index (χ2v) is 5.33. The Hall–Kier alpha value is -1.30. The number of urea groups is 1. The van der Waals surface area contributed by atoms with E-state index in [-0.39, 0.29) is 18.7 Å². The average Bonchev–Trinajstić information content (AvgIpc) is 3.04. The number of aliphatic hydroxyl groups is 1. The van der Waals surface area contributed by atoms with Gasteiger partial charge in [-0.2, -0.15) is 0 Å². The molecular formula is C13H22N2O4. The first-order chi connectivity index (χ1) is 9.15. The van der Waals surface area contributed by atoms with Gasteiger partial charge in [-0.1, -0.05) is 0 Å². The van der Waals surface area contributed by atoms with E-state index >= 15 is 0 Å². The zero-order valence-corrected chi connectivity index (χ0v) is 11.1. The lowest BCUT2D eigenvalue weighted by Gasteiger charge is -2.31. The molecule has 0 aromatic rings. The second-order valence-electron chi connectivity index (χ2n) is 5.33. The highest BCUT2D eigenvalue weighted by Gasteiger charge is 2.39. The molecule has 6 nitrogen and oxygen atoms in total. The summed E-state index contributed by atoms with van der Waals surface area (Å²) < 4.78 is 0. The van der Waals surface area contributed by atoms with Crippen LogP contribution in [0.4, 0.5) is 4.79 Å². The van der Waals surface area contributed by atoms with Crippen molar-refractivity contribution in [3.8, 4) is 0 Å². The number of hydrogen-bond donors (Lipinski definition) is 2. The summed E-state index contributed by atoms with van der Waals surface area (Å²) in [5.74, 6) is -0.906. The third-order valence-corrected chi connectivity index (χ3v) is 4.10. The van der Waals surface area contributed by atoms with Crippen molar-refractivity contribution in [2.75, 3.05) is 19.7 Å². The van der Waals surface area contributed by atoms with Gasteiger partial charge in [0, 0.05) is 25.7 Å². The predicted octanol–water partition coefficient (Wildman–Crippen LogP) is 0.892. The molecule has 2 atom stereocenters. The third-order valence-electron chi connectivity index (χ3n) is 4.10. The van der Waals surface area contributed by atoms with Crippen LogP contribution < -0.4 is 0 Å². The molecule has 108 valence electrons. The monoisotopic (exact) mass is 270 g/mol. The van der Waals surface area contributed by atoms with Gasteiger partial charge in [-0.3, -0.25) is 0 Å². The van der Waals surface area contributed by atoms with Gasteiger partial charge in [0.25, 0.3) is 0 Å². The normalized spacial score (nSPS) is 27.0. The molecule has 2 saturated heterocycles. The van der Waals surface area contributed by atoms with Gasteiger partial charge in [0.15, 0.2) is 0 Å². The Labute approximate surface area is 113 Å². The maximum absolute atomic E-state index is 12.5. The Morgan fingerprint density at radius 2 is 1.79 bits per heavy atom. The molecule has 0 radical (unpaired) electrons. The summed E-state index contributed by atoms with van der Waals surface area (Å²) in [7, 11) is 0. The maximum atomic E-state index is 12.5. The minimum Gasteiger partial charge on any atom is -0.480 e. The van der Waals surface area contributed by atoms with Crippen molar-refractivity contribution in [1.82, 2.24) is 9.80 Å². The fourth-order valence-electron chi connectivity index (χ4n) is 3.13. The molecule has 6 heteroatoms. The Balaban J connectivity index is 1.99. The van der Waals surface area contributed by atoms with Crippen LogP contribution in [-0.4, -0.2) is 63.8 Å². The van der Waals surface area contributed by atoms with Crippen LogP contribution in [0.15, 0.2) is 0 Å². The summed E-state index contributed by atoms with van der Waals surface area (Å²) >= 11 is 0. The van der Waals surface area contributed by atoms with Gasteiger partial charge in [0.2, 0.25) is 0 Å². The Morgan fingerprint density at radius 1 is 1.11 bits per heavy atom. The van der Waals surface area contributed by atoms with E-state index in [1.165, 1.54) is 4.90 Å². The predicted molar refractivity (Wildman–Crippen MR) is 68.8 cm³/mol. The number of aliphatic hydroxyl groups excluding tert-OH is 1. The highest BCUT2D eigenvalue weighted by molar-refractivity contribution is 5.83. The average molecular weight is 270 g/mol. The number of carbonyl (C=O) groups is 2. The van der Waals surface area contributed by atoms with Crippen LogP contribution in [0.5, 0.6) is 0 Å². The fourth-order valence-corrected chi connectivity index (χ4v) is 3.13. The first-order valence-corrected chi connectivity index (χ1v) is 7.06. The largest absolute Gasteiger partial charge is 0.480 e. The van der Waals surface area contributed by atoms with Crippen LogP contribution in [0, 0.1) is 0 Å². The zero-order valence-electron chi connectivity index (χ0n) is 11.1. The number of carboxylic acids is 1. The number of rotatable bonds is 4. The molecule has 2 fully saturated rings. The molecule has 2 aliphatic rings. The van der Waals surface area contributed by atoms with Crippen molar-refractivity contribution in [3.63, 3.8) is 0 Å². The van der Waals surface area contributed by atoms with E-state index in [9.17, 15) is 9.59 Å². The number of amides is 2. The summed E-state index contributed by atoms with van der Waals surface area (Å²) in [6.07, 6.45) is 4.73. The summed E-state index contributed by atoms with van der Waals surface area (Å²) in [6.45, 7) is 1.39. The number of nitrogens with zero attached hydrogens (tertiary/aromatic N) is 2. The molecular weight excluding hydrogens is 248 g/mol. The topological polar surface area (TPSA) is 81.1 Å². The minimum atomic E-state index is -0.906. The number of carbonyl (C=O) groups excluding carboxylic acids is 1. The minimum absolute atomic E-state index is 0.134. The van der Waals surface area contributed by atoms with Gasteiger partial charge in [-0.15, -0.1) is 0 Å². The van der Waals surface area contributed by atoms with Crippen LogP contribution in [0.25, 0.3) is 0 Å². The van der Waals surface area contributed by atoms with Crippen LogP contribution in [0.3, 0.4) is 0 Å². The smallest absolute Gasteiger partial charge is 0.326 e. The van der Waals surface area contributed by atoms with Crippen LogP contribution in [0.2, 0.25) is 0 Å². The standard InChI is InChI=1S/C13H22N2O4/c16-9-3-5-10-4-1-7-14(10)13(19)15-8-2-6-11(15)12(17)18/h10-11,16H,1-9H2,(H,17,18)/t10?,11-/m1/s1. The Kier molecular flexibility index (Phi) is 4.63. The van der Waals surface area contributed by atoms with Gasteiger partial charge < -0.3 is 20.0 Å². The van der Waals surface area contributed by atoms with E-state index in [2.05, 4.69) is 0 Å². The molecule has 0 aliphatic carbocycles. The van der Waals surface area contributed by atoms with Crippen LogP contribution in [0.1, 0.15) is 38.5 Å². The second kappa shape index (κ2) is 6.23. The van der Waals surface area contributed by atoms with Crippen molar-refractivity contribution in [3.05, 3.63) is 0 Å². The molecule has 0 bridgehead atoms. The van der Waals surface area contributed by atoms with E-state index in [4.69, 9.17) is 10.2 Å². The van der Waals surface area contributed by atoms with Gasteiger partial charge in [0.05, 0.1) is 0 Å². The van der Waals surface area contributed by atoms with Gasteiger partial charge in [-0.25, -0.2) is 9.59 Å². The molecule has 2 amide bonds. The van der Waals surface area contributed by atoms with E-state index in [0.717, 1.165) is 25.7 Å². The van der Waals surface area contributed by atoms with Crippen molar-refractivity contribution in [2.45, 2.75) is 50.6 Å². The SMILES string of the molecule is O=C(O)[C@H]1CCCN1C(=O)N1CCCC1CCCO. The van der Waals surface area contributed by atoms with Crippen LogP contribution in [-0.2, 0) is 4.79 Å². The molecule has 2 N–H and O–H groups in total. The summed E-state index contributed by atoms with van der Waals surface area (Å²) in [6, 6.07) is -0.633. The van der Waals surface area contributed by atoms with Crippen molar-refractivity contribution < 1.29 is 19.8 Å². The van der Waals surface area contributed by atoms with Crippen molar-refractivity contribution in [2.24, 2.45) is 0 Å². The van der Waals surface area contributed by atoms with E-state index in [1.807, 2.05) is 0 Å². The number of likely N-dealkylation sites (tertiary alicyclic amines) is 2. The summed E-state index contributed by atoms with van der Waals surface area (Å²) in [5.41, 5.74) is 0. The lowest BCUT2D eigenvalue weighted by atomic mass is 10.1.